The first-order chi connectivity index (χ1) is 10.6. The fraction of sp³-hybridized carbons (Fsp3) is 0.294. The van der Waals surface area contributed by atoms with Crippen LogP contribution in [0.15, 0.2) is 35.5 Å². The Kier molecular flexibility index (Phi) is 3.17. The van der Waals surface area contributed by atoms with Gasteiger partial charge in [0, 0.05) is 30.2 Å². The van der Waals surface area contributed by atoms with Crippen molar-refractivity contribution in [1.82, 2.24) is 4.98 Å². The molecule has 0 bridgehead atoms. The van der Waals surface area contributed by atoms with Gasteiger partial charge in [0.2, 0.25) is 5.72 Å². The molecule has 1 aliphatic heterocycles. The van der Waals surface area contributed by atoms with Gasteiger partial charge >= 0.3 is 0 Å². The average molecular weight is 333 g/mol. The van der Waals surface area contributed by atoms with E-state index in [1.54, 1.807) is 0 Å². The van der Waals surface area contributed by atoms with E-state index in [-0.39, 0.29) is 0 Å². The third-order valence-electron chi connectivity index (χ3n) is 4.26. The van der Waals surface area contributed by atoms with Crippen molar-refractivity contribution in [3.05, 3.63) is 57.3 Å². The van der Waals surface area contributed by atoms with Gasteiger partial charge in [-0.3, -0.25) is 4.98 Å². The predicted molar refractivity (Wildman–Crippen MR) is 88.3 cm³/mol. The maximum atomic E-state index is 6.34. The molecule has 0 saturated heterocycles. The third kappa shape index (κ3) is 2.11. The summed E-state index contributed by atoms with van der Waals surface area (Å²) < 4.78 is 6.12. The fourth-order valence-electron chi connectivity index (χ4n) is 2.82. The van der Waals surface area contributed by atoms with Crippen LogP contribution in [-0.2, 0) is 0 Å². The van der Waals surface area contributed by atoms with E-state index in [2.05, 4.69) is 4.98 Å². The van der Waals surface area contributed by atoms with Gasteiger partial charge in [0.1, 0.15) is 0 Å². The van der Waals surface area contributed by atoms with Gasteiger partial charge in [0.05, 0.1) is 21.5 Å². The second kappa shape index (κ2) is 4.97. The lowest BCUT2D eigenvalue weighted by Crippen LogP contribution is -2.44. The fourth-order valence-corrected chi connectivity index (χ4v) is 3.20. The van der Waals surface area contributed by atoms with Crippen LogP contribution >= 0.6 is 23.2 Å². The molecule has 2 heterocycles. The molecule has 1 fully saturated rings. The Morgan fingerprint density at radius 1 is 1.18 bits per heavy atom. The summed E-state index contributed by atoms with van der Waals surface area (Å²) >= 11 is 12.6. The van der Waals surface area contributed by atoms with Crippen molar-refractivity contribution in [1.29, 1.82) is 0 Å². The summed E-state index contributed by atoms with van der Waals surface area (Å²) in [6.07, 6.45) is 4.74. The third-order valence-corrected chi connectivity index (χ3v) is 4.94. The minimum atomic E-state index is -0.468. The van der Waals surface area contributed by atoms with Crippen LogP contribution in [0.1, 0.15) is 36.1 Å². The predicted octanol–water partition coefficient (Wildman–Crippen LogP) is 4.81. The summed E-state index contributed by atoms with van der Waals surface area (Å²) in [5, 5.41) is 1.25. The molecule has 5 heteroatoms. The van der Waals surface area contributed by atoms with Gasteiger partial charge in [-0.05, 0) is 31.5 Å². The monoisotopic (exact) mass is 332 g/mol. The smallest absolute Gasteiger partial charge is 0.200 e. The van der Waals surface area contributed by atoms with Crippen LogP contribution in [0, 0.1) is 6.92 Å². The summed E-state index contributed by atoms with van der Waals surface area (Å²) in [6, 6.07) is 7.63. The quantitative estimate of drug-likeness (QED) is 0.751. The second-order valence-electron chi connectivity index (χ2n) is 5.77. The van der Waals surface area contributed by atoms with Crippen LogP contribution in [0.3, 0.4) is 0 Å². The summed E-state index contributed by atoms with van der Waals surface area (Å²) in [6.45, 7) is 1.89. The molecule has 1 aromatic carbocycles. The van der Waals surface area contributed by atoms with Crippen LogP contribution in [0.5, 0.6) is 5.75 Å². The average Bonchev–Trinajstić information content (AvgIpc) is 2.48. The largest absolute Gasteiger partial charge is 0.464 e. The van der Waals surface area contributed by atoms with Crippen molar-refractivity contribution >= 4 is 28.9 Å². The van der Waals surface area contributed by atoms with Gasteiger partial charge in [-0.1, -0.05) is 29.3 Å². The van der Waals surface area contributed by atoms with Gasteiger partial charge in [0.15, 0.2) is 5.75 Å². The molecular weight excluding hydrogens is 319 g/mol. The van der Waals surface area contributed by atoms with Crippen molar-refractivity contribution in [2.45, 2.75) is 31.9 Å². The molecule has 1 aliphatic carbocycles. The maximum absolute atomic E-state index is 6.34. The first kappa shape index (κ1) is 14.0. The minimum absolute atomic E-state index is 0.468. The first-order valence-corrected chi connectivity index (χ1v) is 8.04. The zero-order chi connectivity index (χ0) is 15.3. The summed E-state index contributed by atoms with van der Waals surface area (Å²) in [7, 11) is 0. The lowest BCUT2D eigenvalue weighted by Gasteiger charge is -2.42. The molecule has 4 rings (SSSR count). The molecule has 3 nitrogen and oxygen atoms in total. The highest BCUT2D eigenvalue weighted by atomic mass is 35.5. The number of pyridine rings is 1. The molecule has 2 aliphatic rings. The zero-order valence-electron chi connectivity index (χ0n) is 12.1. The topological polar surface area (TPSA) is 34.5 Å². The minimum Gasteiger partial charge on any atom is -0.464 e. The van der Waals surface area contributed by atoms with Crippen molar-refractivity contribution < 1.29 is 4.74 Å². The van der Waals surface area contributed by atoms with Gasteiger partial charge < -0.3 is 4.74 Å². The van der Waals surface area contributed by atoms with Crippen LogP contribution in [0.4, 0.5) is 0 Å². The lowest BCUT2D eigenvalue weighted by molar-refractivity contribution is -0.00141. The Hall–Kier alpha value is -1.58. The van der Waals surface area contributed by atoms with E-state index in [4.69, 9.17) is 32.9 Å². The number of aliphatic imine (C=N–C) groups is 1. The molecule has 112 valence electrons. The maximum Gasteiger partial charge on any atom is 0.200 e. The van der Waals surface area contributed by atoms with E-state index < -0.39 is 5.72 Å². The van der Waals surface area contributed by atoms with E-state index in [0.717, 1.165) is 41.8 Å². The lowest BCUT2D eigenvalue weighted by atomic mass is 9.86. The number of hydrogen-bond donors (Lipinski definition) is 0. The van der Waals surface area contributed by atoms with E-state index >= 15 is 0 Å². The Balaban J connectivity index is 1.92. The summed E-state index contributed by atoms with van der Waals surface area (Å²) in [5.74, 6) is 0.713. The first-order valence-electron chi connectivity index (χ1n) is 7.28. The molecule has 0 atom stereocenters. The highest BCUT2D eigenvalue weighted by Gasteiger charge is 2.43. The molecule has 1 spiro atoms. The highest BCUT2D eigenvalue weighted by Crippen LogP contribution is 2.45. The number of halogens is 2. The summed E-state index contributed by atoms with van der Waals surface area (Å²) in [5.41, 5.74) is 2.99. The Morgan fingerprint density at radius 3 is 2.68 bits per heavy atom. The SMILES string of the molecule is Cc1ncc(C2=NC3(CCC3)Oc3c(Cl)cccc32)cc1Cl. The van der Waals surface area contributed by atoms with Crippen LogP contribution < -0.4 is 4.74 Å². The van der Waals surface area contributed by atoms with Gasteiger partial charge in [-0.2, -0.15) is 0 Å². The van der Waals surface area contributed by atoms with E-state index in [0.29, 0.717) is 15.8 Å². The Bertz CT molecular complexity index is 797. The van der Waals surface area contributed by atoms with Crippen molar-refractivity contribution in [3.63, 3.8) is 0 Å². The van der Waals surface area contributed by atoms with E-state index in [9.17, 15) is 0 Å². The Morgan fingerprint density at radius 2 is 2.00 bits per heavy atom. The molecule has 1 saturated carbocycles. The van der Waals surface area contributed by atoms with E-state index in [1.807, 2.05) is 37.4 Å². The zero-order valence-corrected chi connectivity index (χ0v) is 13.6. The molecule has 1 aromatic heterocycles. The number of para-hydroxylation sites is 1. The number of benzene rings is 1. The van der Waals surface area contributed by atoms with Gasteiger partial charge in [-0.25, -0.2) is 4.99 Å². The van der Waals surface area contributed by atoms with Gasteiger partial charge in [-0.15, -0.1) is 0 Å². The van der Waals surface area contributed by atoms with Crippen molar-refractivity contribution in [3.8, 4) is 5.75 Å². The number of ether oxygens (including phenoxy) is 1. The molecule has 0 amide bonds. The molecule has 22 heavy (non-hydrogen) atoms. The van der Waals surface area contributed by atoms with Crippen molar-refractivity contribution in [2.75, 3.05) is 0 Å². The number of hydrogen-bond acceptors (Lipinski definition) is 3. The number of rotatable bonds is 1. The summed E-state index contributed by atoms with van der Waals surface area (Å²) in [4.78, 5) is 9.23. The van der Waals surface area contributed by atoms with Crippen molar-refractivity contribution in [2.24, 2.45) is 4.99 Å². The molecule has 2 aromatic rings. The molecule has 0 unspecified atom stereocenters. The molecule has 0 radical (unpaired) electrons. The standard InChI is InChI=1S/C17H14Cl2N2O/c1-10-14(19)8-11(9-20-10)15-12-4-2-5-13(18)16(12)22-17(21-15)6-3-7-17/h2,4-5,8-9H,3,6-7H2,1H3. The number of aryl methyl sites for hydroxylation is 1. The molecular formula is C17H14Cl2N2O. The Labute approximate surface area is 139 Å². The second-order valence-corrected chi connectivity index (χ2v) is 6.58. The number of aromatic nitrogens is 1. The number of fused-ring (bicyclic) bond motifs is 1. The number of nitrogens with zero attached hydrogens (tertiary/aromatic N) is 2. The van der Waals surface area contributed by atoms with Gasteiger partial charge in [0.25, 0.3) is 0 Å². The van der Waals surface area contributed by atoms with Crippen LogP contribution in [-0.4, -0.2) is 16.4 Å². The highest BCUT2D eigenvalue weighted by molar-refractivity contribution is 6.34. The van der Waals surface area contributed by atoms with Crippen LogP contribution in [0.25, 0.3) is 0 Å². The van der Waals surface area contributed by atoms with Crippen LogP contribution in [0.2, 0.25) is 10.0 Å². The molecule has 0 N–H and O–H groups in total. The van der Waals surface area contributed by atoms with E-state index in [1.165, 1.54) is 0 Å². The normalized spacial score (nSPS) is 18.2.